The van der Waals surface area contributed by atoms with Gasteiger partial charge in [-0.25, -0.2) is 4.39 Å². The standard InChI is InChI=1S/C20H19FN4O2/c1-13-18(15(11-22)20(27-13)25-8-4-5-9-25)19(26)23-12-14-6-7-17(24(2)3)16(21)10-14/h4-10H,12H2,1-3H3,(H,23,26). The summed E-state index contributed by atoms with van der Waals surface area (Å²) < 4.78 is 21.3. The van der Waals surface area contributed by atoms with Gasteiger partial charge in [0.15, 0.2) is 0 Å². The topological polar surface area (TPSA) is 74.2 Å². The van der Waals surface area contributed by atoms with Gasteiger partial charge < -0.3 is 14.6 Å². The molecule has 3 aromatic rings. The second-order valence-corrected chi connectivity index (χ2v) is 6.28. The van der Waals surface area contributed by atoms with Gasteiger partial charge in [0.05, 0.1) is 5.69 Å². The van der Waals surface area contributed by atoms with Gasteiger partial charge in [-0.15, -0.1) is 0 Å². The first kappa shape index (κ1) is 18.3. The van der Waals surface area contributed by atoms with Gasteiger partial charge in [-0.1, -0.05) is 6.07 Å². The van der Waals surface area contributed by atoms with Gasteiger partial charge in [0.25, 0.3) is 5.91 Å². The lowest BCUT2D eigenvalue weighted by Crippen LogP contribution is -2.24. The van der Waals surface area contributed by atoms with Crippen molar-refractivity contribution in [3.05, 3.63) is 71.0 Å². The maximum absolute atomic E-state index is 14.1. The molecule has 27 heavy (non-hydrogen) atoms. The Morgan fingerprint density at radius 3 is 2.63 bits per heavy atom. The smallest absolute Gasteiger partial charge is 0.256 e. The number of nitriles is 1. The summed E-state index contributed by atoms with van der Waals surface area (Å²) in [6.07, 6.45) is 3.46. The minimum atomic E-state index is -0.441. The molecule has 138 valence electrons. The van der Waals surface area contributed by atoms with Crippen LogP contribution in [0.4, 0.5) is 10.1 Å². The summed E-state index contributed by atoms with van der Waals surface area (Å²) in [5.41, 5.74) is 1.44. The normalized spacial score (nSPS) is 10.5. The van der Waals surface area contributed by atoms with E-state index in [1.807, 2.05) is 6.07 Å². The van der Waals surface area contributed by atoms with Crippen LogP contribution in [0.25, 0.3) is 5.88 Å². The van der Waals surface area contributed by atoms with Crippen LogP contribution in [0, 0.1) is 24.1 Å². The first-order valence-corrected chi connectivity index (χ1v) is 8.33. The minimum Gasteiger partial charge on any atom is -0.443 e. The number of carbonyl (C=O) groups excluding carboxylic acids is 1. The van der Waals surface area contributed by atoms with Crippen molar-refractivity contribution in [2.75, 3.05) is 19.0 Å². The van der Waals surface area contributed by atoms with Gasteiger partial charge >= 0.3 is 0 Å². The van der Waals surface area contributed by atoms with Gasteiger partial charge in [-0.2, -0.15) is 5.26 Å². The molecule has 6 nitrogen and oxygen atoms in total. The molecule has 0 aliphatic carbocycles. The Bertz CT molecular complexity index is 1010. The number of aromatic nitrogens is 1. The van der Waals surface area contributed by atoms with E-state index in [2.05, 4.69) is 5.32 Å². The lowest BCUT2D eigenvalue weighted by Gasteiger charge is -2.14. The number of amides is 1. The average molecular weight is 366 g/mol. The third-order valence-corrected chi connectivity index (χ3v) is 4.19. The molecule has 0 bridgehead atoms. The molecule has 1 aromatic carbocycles. The highest BCUT2D eigenvalue weighted by Crippen LogP contribution is 2.25. The Kier molecular flexibility index (Phi) is 4.99. The number of hydrogen-bond acceptors (Lipinski definition) is 4. The van der Waals surface area contributed by atoms with Crippen molar-refractivity contribution < 1.29 is 13.6 Å². The average Bonchev–Trinajstić information content (AvgIpc) is 3.26. The molecule has 0 fully saturated rings. The Balaban J connectivity index is 1.81. The number of halogens is 1. The molecular formula is C20H19FN4O2. The van der Waals surface area contributed by atoms with E-state index in [0.29, 0.717) is 22.9 Å². The summed E-state index contributed by atoms with van der Waals surface area (Å²) in [4.78, 5) is 14.3. The van der Waals surface area contributed by atoms with Crippen LogP contribution in [0.1, 0.15) is 27.2 Å². The number of rotatable bonds is 5. The van der Waals surface area contributed by atoms with Gasteiger partial charge in [-0.3, -0.25) is 9.36 Å². The number of benzene rings is 1. The molecule has 2 heterocycles. The molecule has 7 heteroatoms. The largest absolute Gasteiger partial charge is 0.443 e. The van der Waals surface area contributed by atoms with Gasteiger partial charge in [0.2, 0.25) is 5.88 Å². The minimum absolute atomic E-state index is 0.137. The van der Waals surface area contributed by atoms with Crippen molar-refractivity contribution >= 4 is 11.6 Å². The van der Waals surface area contributed by atoms with E-state index in [1.54, 1.807) is 67.1 Å². The number of nitrogens with zero attached hydrogens (tertiary/aromatic N) is 3. The predicted octanol–water partition coefficient (Wildman–Crippen LogP) is 3.39. The molecular weight excluding hydrogens is 347 g/mol. The first-order valence-electron chi connectivity index (χ1n) is 8.33. The van der Waals surface area contributed by atoms with Gasteiger partial charge in [0, 0.05) is 33.0 Å². The second kappa shape index (κ2) is 7.38. The zero-order valence-electron chi connectivity index (χ0n) is 15.3. The first-order chi connectivity index (χ1) is 12.9. The van der Waals surface area contributed by atoms with Crippen LogP contribution in [0.5, 0.6) is 0 Å². The number of furan rings is 1. The third-order valence-electron chi connectivity index (χ3n) is 4.19. The molecule has 0 aliphatic rings. The van der Waals surface area contributed by atoms with Crippen molar-refractivity contribution in [3.8, 4) is 12.0 Å². The monoisotopic (exact) mass is 366 g/mol. The van der Waals surface area contributed by atoms with Crippen LogP contribution in [0.2, 0.25) is 0 Å². The fourth-order valence-corrected chi connectivity index (χ4v) is 2.85. The lowest BCUT2D eigenvalue weighted by atomic mass is 10.1. The summed E-state index contributed by atoms with van der Waals surface area (Å²) >= 11 is 0. The Morgan fingerprint density at radius 2 is 2.04 bits per heavy atom. The molecule has 0 atom stereocenters. The Labute approximate surface area is 156 Å². The van der Waals surface area contributed by atoms with Crippen LogP contribution >= 0.6 is 0 Å². The maximum Gasteiger partial charge on any atom is 0.256 e. The molecule has 0 spiro atoms. The van der Waals surface area contributed by atoms with E-state index in [-0.39, 0.29) is 23.5 Å². The quantitative estimate of drug-likeness (QED) is 0.751. The summed E-state index contributed by atoms with van der Waals surface area (Å²) in [7, 11) is 3.51. The highest BCUT2D eigenvalue weighted by atomic mass is 19.1. The lowest BCUT2D eigenvalue weighted by molar-refractivity contribution is 0.0949. The summed E-state index contributed by atoms with van der Waals surface area (Å²) in [6.45, 7) is 1.77. The molecule has 1 N–H and O–H groups in total. The second-order valence-electron chi connectivity index (χ2n) is 6.28. The summed E-state index contributed by atoms with van der Waals surface area (Å²) in [5, 5.41) is 12.2. The molecule has 0 radical (unpaired) electrons. The van der Waals surface area contributed by atoms with Crippen LogP contribution < -0.4 is 10.2 Å². The van der Waals surface area contributed by atoms with Crippen molar-refractivity contribution in [2.45, 2.75) is 13.5 Å². The molecule has 0 aliphatic heterocycles. The number of carbonyl (C=O) groups is 1. The van der Waals surface area contributed by atoms with E-state index >= 15 is 0 Å². The van der Waals surface area contributed by atoms with E-state index < -0.39 is 5.91 Å². The molecule has 1 amide bonds. The van der Waals surface area contributed by atoms with Crippen molar-refractivity contribution in [2.24, 2.45) is 0 Å². The SMILES string of the molecule is Cc1oc(-n2cccc2)c(C#N)c1C(=O)NCc1ccc(N(C)C)c(F)c1. The highest BCUT2D eigenvalue weighted by molar-refractivity contribution is 5.98. The van der Waals surface area contributed by atoms with E-state index in [4.69, 9.17) is 4.42 Å². The number of aryl methyl sites for hydroxylation is 1. The molecule has 0 unspecified atom stereocenters. The fourth-order valence-electron chi connectivity index (χ4n) is 2.85. The predicted molar refractivity (Wildman–Crippen MR) is 99.4 cm³/mol. The number of anilines is 1. The van der Waals surface area contributed by atoms with Crippen LogP contribution in [0.3, 0.4) is 0 Å². The van der Waals surface area contributed by atoms with E-state index in [1.165, 1.54) is 6.07 Å². The van der Waals surface area contributed by atoms with Crippen molar-refractivity contribution in [3.63, 3.8) is 0 Å². The van der Waals surface area contributed by atoms with Crippen molar-refractivity contribution in [1.29, 1.82) is 5.26 Å². The maximum atomic E-state index is 14.1. The Hall–Kier alpha value is -3.53. The molecule has 2 aromatic heterocycles. The van der Waals surface area contributed by atoms with E-state index in [9.17, 15) is 14.4 Å². The van der Waals surface area contributed by atoms with Gasteiger partial charge in [0.1, 0.15) is 28.8 Å². The fraction of sp³-hybridized carbons (Fsp3) is 0.200. The van der Waals surface area contributed by atoms with Crippen LogP contribution in [-0.2, 0) is 6.54 Å². The number of nitrogens with one attached hydrogen (secondary N) is 1. The zero-order chi connectivity index (χ0) is 19.6. The Morgan fingerprint density at radius 1 is 1.33 bits per heavy atom. The highest BCUT2D eigenvalue weighted by Gasteiger charge is 2.24. The van der Waals surface area contributed by atoms with Crippen LogP contribution in [-0.4, -0.2) is 24.6 Å². The van der Waals surface area contributed by atoms with Crippen molar-refractivity contribution in [1.82, 2.24) is 9.88 Å². The van der Waals surface area contributed by atoms with E-state index in [0.717, 1.165) is 0 Å². The summed E-state index contributed by atoms with van der Waals surface area (Å²) in [6, 6.07) is 10.4. The molecule has 3 rings (SSSR count). The van der Waals surface area contributed by atoms with Crippen LogP contribution in [0.15, 0.2) is 47.1 Å². The summed E-state index contributed by atoms with van der Waals surface area (Å²) in [5.74, 6) is -0.157. The third kappa shape index (κ3) is 3.55. The molecule has 0 saturated carbocycles. The zero-order valence-corrected chi connectivity index (χ0v) is 15.3. The van der Waals surface area contributed by atoms with Gasteiger partial charge in [-0.05, 0) is 36.8 Å². The number of hydrogen-bond donors (Lipinski definition) is 1. The molecule has 0 saturated heterocycles.